The number of aromatic nitrogens is 2. The van der Waals surface area contributed by atoms with Crippen molar-refractivity contribution in [3.05, 3.63) is 46.7 Å². The standard InChI is InChI=1S/C18H22ClN3O2/c1-2-4-17-16(18(23)20-11-15-5-3-10-24-15)12-21-22(17)14-8-6-13(19)7-9-14/h6-9,12,15H,2-5,10-11H2,1H3,(H,20,23). The van der Waals surface area contributed by atoms with E-state index in [1.807, 2.05) is 28.9 Å². The Hall–Kier alpha value is -1.85. The molecule has 6 heteroatoms. The number of nitrogens with one attached hydrogen (secondary N) is 1. The van der Waals surface area contributed by atoms with E-state index in [4.69, 9.17) is 16.3 Å². The van der Waals surface area contributed by atoms with Gasteiger partial charge < -0.3 is 10.1 Å². The van der Waals surface area contributed by atoms with Crippen LogP contribution >= 0.6 is 11.6 Å². The smallest absolute Gasteiger partial charge is 0.254 e. The molecule has 128 valence electrons. The van der Waals surface area contributed by atoms with E-state index in [-0.39, 0.29) is 12.0 Å². The Morgan fingerprint density at radius 1 is 1.42 bits per heavy atom. The molecular formula is C18H22ClN3O2. The molecule has 1 N–H and O–H groups in total. The zero-order chi connectivity index (χ0) is 16.9. The lowest BCUT2D eigenvalue weighted by Crippen LogP contribution is -2.32. The van der Waals surface area contributed by atoms with Crippen molar-refractivity contribution in [3.8, 4) is 5.69 Å². The van der Waals surface area contributed by atoms with Gasteiger partial charge in [-0.1, -0.05) is 24.9 Å². The SMILES string of the molecule is CCCc1c(C(=O)NCC2CCCO2)cnn1-c1ccc(Cl)cc1. The number of hydrogen-bond acceptors (Lipinski definition) is 3. The number of benzene rings is 1. The van der Waals surface area contributed by atoms with Crippen LogP contribution in [0.25, 0.3) is 5.69 Å². The van der Waals surface area contributed by atoms with Gasteiger partial charge in [-0.2, -0.15) is 5.10 Å². The lowest BCUT2D eigenvalue weighted by Gasteiger charge is -2.12. The number of hydrogen-bond donors (Lipinski definition) is 1. The van der Waals surface area contributed by atoms with Gasteiger partial charge in [-0.25, -0.2) is 4.68 Å². The molecule has 1 aromatic heterocycles. The third-order valence-electron chi connectivity index (χ3n) is 4.19. The molecule has 3 rings (SSSR count). The molecule has 1 aliphatic rings. The second-order valence-corrected chi connectivity index (χ2v) is 6.42. The average molecular weight is 348 g/mol. The maximum Gasteiger partial charge on any atom is 0.254 e. The van der Waals surface area contributed by atoms with Crippen LogP contribution in [0.1, 0.15) is 42.2 Å². The van der Waals surface area contributed by atoms with Crippen LogP contribution in [0.3, 0.4) is 0 Å². The largest absolute Gasteiger partial charge is 0.376 e. The summed E-state index contributed by atoms with van der Waals surface area (Å²) in [7, 11) is 0. The molecule has 0 aliphatic carbocycles. The van der Waals surface area contributed by atoms with Gasteiger partial charge in [0.25, 0.3) is 5.91 Å². The van der Waals surface area contributed by atoms with Gasteiger partial charge in [0.2, 0.25) is 0 Å². The normalized spacial score (nSPS) is 17.2. The van der Waals surface area contributed by atoms with Crippen molar-refractivity contribution in [1.82, 2.24) is 15.1 Å². The summed E-state index contributed by atoms with van der Waals surface area (Å²) in [4.78, 5) is 12.6. The lowest BCUT2D eigenvalue weighted by molar-refractivity contribution is 0.0857. The first-order valence-electron chi connectivity index (χ1n) is 8.41. The number of amides is 1. The fourth-order valence-electron chi connectivity index (χ4n) is 2.95. The molecule has 1 saturated heterocycles. The molecule has 2 heterocycles. The molecule has 1 atom stereocenters. The maximum atomic E-state index is 12.6. The van der Waals surface area contributed by atoms with E-state index < -0.39 is 0 Å². The summed E-state index contributed by atoms with van der Waals surface area (Å²) in [6.07, 6.45) is 5.57. The van der Waals surface area contributed by atoms with E-state index in [1.165, 1.54) is 0 Å². The molecule has 1 amide bonds. The van der Waals surface area contributed by atoms with Crippen LogP contribution in [-0.2, 0) is 11.2 Å². The van der Waals surface area contributed by atoms with Crippen molar-refractivity contribution >= 4 is 17.5 Å². The first kappa shape index (κ1) is 17.0. The molecule has 2 aromatic rings. The Balaban J connectivity index is 1.79. The summed E-state index contributed by atoms with van der Waals surface area (Å²) in [5.41, 5.74) is 2.45. The maximum absolute atomic E-state index is 12.6. The van der Waals surface area contributed by atoms with Gasteiger partial charge in [0.05, 0.1) is 29.2 Å². The molecule has 0 bridgehead atoms. The monoisotopic (exact) mass is 347 g/mol. The molecule has 1 unspecified atom stereocenters. The first-order valence-corrected chi connectivity index (χ1v) is 8.79. The summed E-state index contributed by atoms with van der Waals surface area (Å²) in [5.74, 6) is -0.0887. The van der Waals surface area contributed by atoms with Crippen LogP contribution in [0.15, 0.2) is 30.5 Å². The summed E-state index contributed by atoms with van der Waals surface area (Å²) in [5, 5.41) is 8.07. The minimum Gasteiger partial charge on any atom is -0.376 e. The van der Waals surface area contributed by atoms with Crippen LogP contribution < -0.4 is 5.32 Å². The minimum atomic E-state index is -0.0887. The number of nitrogens with zero attached hydrogens (tertiary/aromatic N) is 2. The Bertz CT molecular complexity index is 691. The second-order valence-electron chi connectivity index (χ2n) is 5.99. The Kier molecular flexibility index (Phi) is 5.53. The molecule has 0 radical (unpaired) electrons. The van der Waals surface area contributed by atoms with Crippen molar-refractivity contribution in [2.45, 2.75) is 38.7 Å². The number of carbonyl (C=O) groups is 1. The zero-order valence-electron chi connectivity index (χ0n) is 13.8. The van der Waals surface area contributed by atoms with E-state index in [0.717, 1.165) is 43.7 Å². The number of halogens is 1. The third kappa shape index (κ3) is 3.79. The van der Waals surface area contributed by atoms with E-state index in [0.29, 0.717) is 17.1 Å². The molecule has 1 aromatic carbocycles. The van der Waals surface area contributed by atoms with Gasteiger partial charge in [-0.15, -0.1) is 0 Å². The highest BCUT2D eigenvalue weighted by Gasteiger charge is 2.20. The van der Waals surface area contributed by atoms with Crippen molar-refractivity contribution in [1.29, 1.82) is 0 Å². The Labute approximate surface area is 147 Å². The lowest BCUT2D eigenvalue weighted by atomic mass is 10.1. The Morgan fingerprint density at radius 3 is 2.88 bits per heavy atom. The quantitative estimate of drug-likeness (QED) is 0.871. The molecule has 24 heavy (non-hydrogen) atoms. The highest BCUT2D eigenvalue weighted by Crippen LogP contribution is 2.19. The van der Waals surface area contributed by atoms with Crippen molar-refractivity contribution < 1.29 is 9.53 Å². The molecular weight excluding hydrogens is 326 g/mol. The third-order valence-corrected chi connectivity index (χ3v) is 4.44. The van der Waals surface area contributed by atoms with Crippen LogP contribution in [0.5, 0.6) is 0 Å². The predicted molar refractivity (Wildman–Crippen MR) is 93.9 cm³/mol. The van der Waals surface area contributed by atoms with Gasteiger partial charge >= 0.3 is 0 Å². The molecule has 0 saturated carbocycles. The van der Waals surface area contributed by atoms with Crippen LogP contribution in [-0.4, -0.2) is 34.9 Å². The summed E-state index contributed by atoms with van der Waals surface area (Å²) in [6, 6.07) is 7.46. The number of carbonyl (C=O) groups excluding carboxylic acids is 1. The second kappa shape index (κ2) is 7.81. The van der Waals surface area contributed by atoms with Gasteiger partial charge in [-0.05, 0) is 43.5 Å². The fraction of sp³-hybridized carbons (Fsp3) is 0.444. The highest BCUT2D eigenvalue weighted by molar-refractivity contribution is 6.30. The molecule has 1 aliphatic heterocycles. The van der Waals surface area contributed by atoms with Crippen LogP contribution in [0.2, 0.25) is 5.02 Å². The van der Waals surface area contributed by atoms with Gasteiger partial charge in [0.1, 0.15) is 0 Å². The van der Waals surface area contributed by atoms with Crippen molar-refractivity contribution in [2.24, 2.45) is 0 Å². The number of ether oxygens (including phenoxy) is 1. The van der Waals surface area contributed by atoms with E-state index in [9.17, 15) is 4.79 Å². The summed E-state index contributed by atoms with van der Waals surface area (Å²) in [6.45, 7) is 3.43. The van der Waals surface area contributed by atoms with Crippen molar-refractivity contribution in [2.75, 3.05) is 13.2 Å². The van der Waals surface area contributed by atoms with E-state index in [1.54, 1.807) is 6.20 Å². The van der Waals surface area contributed by atoms with E-state index >= 15 is 0 Å². The zero-order valence-corrected chi connectivity index (χ0v) is 14.6. The Morgan fingerprint density at radius 2 is 2.21 bits per heavy atom. The minimum absolute atomic E-state index is 0.0887. The van der Waals surface area contributed by atoms with Gasteiger partial charge in [0.15, 0.2) is 0 Å². The highest BCUT2D eigenvalue weighted by atomic mass is 35.5. The number of rotatable bonds is 6. The van der Waals surface area contributed by atoms with Gasteiger partial charge in [0, 0.05) is 18.2 Å². The molecule has 5 nitrogen and oxygen atoms in total. The summed E-state index contributed by atoms with van der Waals surface area (Å²) >= 11 is 5.95. The molecule has 0 spiro atoms. The predicted octanol–water partition coefficient (Wildman–Crippen LogP) is 3.39. The average Bonchev–Trinajstić information content (AvgIpc) is 3.24. The van der Waals surface area contributed by atoms with Gasteiger partial charge in [-0.3, -0.25) is 4.79 Å². The first-order chi connectivity index (χ1) is 11.7. The van der Waals surface area contributed by atoms with Crippen LogP contribution in [0.4, 0.5) is 0 Å². The fourth-order valence-corrected chi connectivity index (χ4v) is 3.08. The van der Waals surface area contributed by atoms with E-state index in [2.05, 4.69) is 17.3 Å². The topological polar surface area (TPSA) is 56.1 Å². The summed E-state index contributed by atoms with van der Waals surface area (Å²) < 4.78 is 7.37. The van der Waals surface area contributed by atoms with Crippen molar-refractivity contribution in [3.63, 3.8) is 0 Å². The van der Waals surface area contributed by atoms with Crippen LogP contribution in [0, 0.1) is 0 Å². The molecule has 1 fully saturated rings.